The molecule has 1 amide bonds. The van der Waals surface area contributed by atoms with E-state index >= 15 is 0 Å². The number of aromatic nitrogens is 4. The van der Waals surface area contributed by atoms with E-state index in [2.05, 4.69) is 25.6 Å². The maximum atomic E-state index is 11.7. The van der Waals surface area contributed by atoms with E-state index in [1.807, 2.05) is 0 Å². The van der Waals surface area contributed by atoms with Gasteiger partial charge in [0, 0.05) is 11.8 Å². The molecule has 1 aromatic carbocycles. The van der Waals surface area contributed by atoms with E-state index in [-0.39, 0.29) is 23.8 Å². The summed E-state index contributed by atoms with van der Waals surface area (Å²) < 4.78 is 5.74. The molecule has 0 aliphatic heterocycles. The van der Waals surface area contributed by atoms with Gasteiger partial charge < -0.3 is 15.2 Å². The van der Waals surface area contributed by atoms with Crippen LogP contribution in [0.25, 0.3) is 0 Å². The van der Waals surface area contributed by atoms with Gasteiger partial charge in [-0.15, -0.1) is 5.10 Å². The number of benzene rings is 1. The van der Waals surface area contributed by atoms with Gasteiger partial charge in [-0.05, 0) is 22.6 Å². The van der Waals surface area contributed by atoms with Crippen molar-refractivity contribution in [3.63, 3.8) is 0 Å². The Hall–Kier alpha value is -2.97. The summed E-state index contributed by atoms with van der Waals surface area (Å²) in [6.07, 6.45) is 1.30. The average Bonchev–Trinajstić information content (AvgIpc) is 2.90. The molecule has 2 aromatic rings. The van der Waals surface area contributed by atoms with Crippen LogP contribution in [0.15, 0.2) is 24.5 Å². The van der Waals surface area contributed by atoms with E-state index in [9.17, 15) is 14.7 Å². The van der Waals surface area contributed by atoms with Crippen LogP contribution in [0.4, 0.5) is 5.69 Å². The van der Waals surface area contributed by atoms with Gasteiger partial charge in [-0.3, -0.25) is 4.79 Å². The minimum absolute atomic E-state index is 0.0194. The van der Waals surface area contributed by atoms with Crippen LogP contribution < -0.4 is 5.32 Å². The summed E-state index contributed by atoms with van der Waals surface area (Å²) >= 11 is 0. The molecular weight excluding hydrogens is 266 g/mol. The number of nitrogens with zero attached hydrogens (tertiary/aromatic N) is 4. The number of carbonyl (C=O) groups is 2. The fraction of sp³-hybridized carbons (Fsp3) is 0.182. The van der Waals surface area contributed by atoms with Crippen molar-refractivity contribution in [1.82, 2.24) is 20.2 Å². The minimum atomic E-state index is -0.658. The number of ether oxygens (including phenoxy) is 1. The van der Waals surface area contributed by atoms with Crippen LogP contribution in [0, 0.1) is 0 Å². The maximum Gasteiger partial charge on any atom is 0.341 e. The number of phenolic OH excluding ortho intramolecular Hbond substituents is 1. The van der Waals surface area contributed by atoms with E-state index in [0.717, 1.165) is 0 Å². The molecule has 104 valence electrons. The van der Waals surface area contributed by atoms with Crippen molar-refractivity contribution in [2.45, 2.75) is 6.54 Å². The number of tetrazole rings is 1. The number of aromatic hydroxyl groups is 1. The molecule has 1 heterocycles. The second-order valence-electron chi connectivity index (χ2n) is 3.78. The number of hydrogen-bond donors (Lipinski definition) is 2. The zero-order valence-electron chi connectivity index (χ0n) is 10.5. The first-order valence-corrected chi connectivity index (χ1v) is 5.52. The Morgan fingerprint density at radius 2 is 2.25 bits per heavy atom. The summed E-state index contributed by atoms with van der Waals surface area (Å²) in [5.41, 5.74) is 0.360. The summed E-state index contributed by atoms with van der Waals surface area (Å²) in [7, 11) is 1.21. The van der Waals surface area contributed by atoms with Crippen LogP contribution in [0.2, 0.25) is 0 Å². The fourth-order valence-corrected chi connectivity index (χ4v) is 1.49. The van der Waals surface area contributed by atoms with Gasteiger partial charge in [-0.1, -0.05) is 0 Å². The molecule has 0 unspecified atom stereocenters. The smallest absolute Gasteiger partial charge is 0.341 e. The lowest BCUT2D eigenvalue weighted by atomic mass is 10.2. The van der Waals surface area contributed by atoms with Gasteiger partial charge in [-0.2, -0.15) is 0 Å². The van der Waals surface area contributed by atoms with Crippen LogP contribution in [0.1, 0.15) is 10.4 Å². The standard InChI is InChI=1S/C11H11N5O4/c1-20-11(19)8-3-2-7(4-9(8)17)13-10(18)5-16-6-12-14-15-16/h2-4,6,17H,5H2,1H3,(H,13,18). The Kier molecular flexibility index (Phi) is 3.89. The lowest BCUT2D eigenvalue weighted by molar-refractivity contribution is -0.116. The predicted molar refractivity (Wildman–Crippen MR) is 65.9 cm³/mol. The van der Waals surface area contributed by atoms with Crippen LogP contribution in [0.5, 0.6) is 5.75 Å². The Balaban J connectivity index is 2.05. The Morgan fingerprint density at radius 1 is 1.45 bits per heavy atom. The molecule has 0 aliphatic rings. The number of phenols is 1. The van der Waals surface area contributed by atoms with Crippen LogP contribution >= 0.6 is 0 Å². The lowest BCUT2D eigenvalue weighted by Gasteiger charge is -2.07. The van der Waals surface area contributed by atoms with E-state index in [4.69, 9.17) is 0 Å². The third-order valence-corrected chi connectivity index (χ3v) is 2.38. The summed E-state index contributed by atoms with van der Waals surface area (Å²) in [6.45, 7) is -0.0630. The molecule has 0 bridgehead atoms. The topological polar surface area (TPSA) is 119 Å². The number of anilines is 1. The Morgan fingerprint density at radius 3 is 2.85 bits per heavy atom. The van der Waals surface area contributed by atoms with Gasteiger partial charge in [0.2, 0.25) is 5.91 Å². The molecule has 0 fully saturated rings. The zero-order valence-corrected chi connectivity index (χ0v) is 10.5. The molecule has 0 spiro atoms. The SMILES string of the molecule is COC(=O)c1ccc(NC(=O)Cn2cnnn2)cc1O. The first-order chi connectivity index (χ1) is 9.60. The molecule has 9 heteroatoms. The Labute approximate surface area is 113 Å². The van der Waals surface area contributed by atoms with Crippen molar-refractivity contribution in [3.05, 3.63) is 30.1 Å². The number of nitrogens with one attached hydrogen (secondary N) is 1. The maximum absolute atomic E-state index is 11.7. The number of rotatable bonds is 4. The van der Waals surface area contributed by atoms with Crippen molar-refractivity contribution >= 4 is 17.6 Å². The van der Waals surface area contributed by atoms with Gasteiger partial charge in [0.25, 0.3) is 0 Å². The van der Waals surface area contributed by atoms with Gasteiger partial charge in [0.15, 0.2) is 0 Å². The quantitative estimate of drug-likeness (QED) is 0.743. The van der Waals surface area contributed by atoms with Gasteiger partial charge in [0.05, 0.1) is 7.11 Å². The summed E-state index contributed by atoms with van der Waals surface area (Å²) in [4.78, 5) is 22.9. The number of amides is 1. The van der Waals surface area contributed by atoms with Crippen LogP contribution in [-0.4, -0.2) is 44.3 Å². The van der Waals surface area contributed by atoms with E-state index in [0.29, 0.717) is 5.69 Å². The summed E-state index contributed by atoms with van der Waals surface area (Å²) in [6, 6.07) is 4.08. The number of methoxy groups -OCH3 is 1. The molecule has 2 rings (SSSR count). The van der Waals surface area contributed by atoms with Crippen molar-refractivity contribution in [2.75, 3.05) is 12.4 Å². The van der Waals surface area contributed by atoms with Gasteiger partial charge in [-0.25, -0.2) is 9.48 Å². The van der Waals surface area contributed by atoms with Gasteiger partial charge in [0.1, 0.15) is 24.2 Å². The summed E-state index contributed by atoms with van der Waals surface area (Å²) in [5.74, 6) is -1.31. The van der Waals surface area contributed by atoms with Crippen LogP contribution in [0.3, 0.4) is 0 Å². The van der Waals surface area contributed by atoms with Crippen molar-refractivity contribution in [1.29, 1.82) is 0 Å². The Bertz CT molecular complexity index is 626. The molecule has 0 aliphatic carbocycles. The van der Waals surface area contributed by atoms with Crippen molar-refractivity contribution in [2.24, 2.45) is 0 Å². The molecular formula is C11H11N5O4. The second kappa shape index (κ2) is 5.78. The second-order valence-corrected chi connectivity index (χ2v) is 3.78. The normalized spacial score (nSPS) is 10.1. The molecule has 9 nitrogen and oxygen atoms in total. The number of esters is 1. The predicted octanol–water partition coefficient (Wildman–Crippen LogP) is -0.196. The highest BCUT2D eigenvalue weighted by atomic mass is 16.5. The third-order valence-electron chi connectivity index (χ3n) is 2.38. The lowest BCUT2D eigenvalue weighted by Crippen LogP contribution is -2.19. The third kappa shape index (κ3) is 3.07. The highest BCUT2D eigenvalue weighted by molar-refractivity contribution is 5.95. The molecule has 0 saturated heterocycles. The van der Waals surface area contributed by atoms with Crippen LogP contribution in [-0.2, 0) is 16.1 Å². The van der Waals surface area contributed by atoms with E-state index in [1.165, 1.54) is 36.3 Å². The summed E-state index contributed by atoms with van der Waals surface area (Å²) in [5, 5.41) is 22.6. The van der Waals surface area contributed by atoms with Gasteiger partial charge >= 0.3 is 5.97 Å². The number of carbonyl (C=O) groups excluding carboxylic acids is 2. The first kappa shape index (κ1) is 13.5. The molecule has 20 heavy (non-hydrogen) atoms. The fourth-order valence-electron chi connectivity index (χ4n) is 1.49. The molecule has 0 atom stereocenters. The average molecular weight is 277 g/mol. The monoisotopic (exact) mass is 277 g/mol. The highest BCUT2D eigenvalue weighted by Gasteiger charge is 2.12. The molecule has 1 aromatic heterocycles. The minimum Gasteiger partial charge on any atom is -0.507 e. The molecule has 2 N–H and O–H groups in total. The zero-order chi connectivity index (χ0) is 14.5. The first-order valence-electron chi connectivity index (χ1n) is 5.52. The highest BCUT2D eigenvalue weighted by Crippen LogP contribution is 2.22. The van der Waals surface area contributed by atoms with Crippen molar-refractivity contribution < 1.29 is 19.4 Å². The van der Waals surface area contributed by atoms with Crippen molar-refractivity contribution in [3.8, 4) is 5.75 Å². The number of hydrogen-bond acceptors (Lipinski definition) is 7. The van der Waals surface area contributed by atoms with E-state index in [1.54, 1.807) is 0 Å². The molecule has 0 saturated carbocycles. The molecule has 0 radical (unpaired) electrons. The largest absolute Gasteiger partial charge is 0.507 e. The van der Waals surface area contributed by atoms with E-state index < -0.39 is 5.97 Å².